The van der Waals surface area contributed by atoms with Crippen molar-refractivity contribution in [2.75, 3.05) is 13.3 Å². The van der Waals surface area contributed by atoms with E-state index in [9.17, 15) is 0 Å². The zero-order valence-electron chi connectivity index (χ0n) is 8.19. The van der Waals surface area contributed by atoms with Gasteiger partial charge < -0.3 is 0 Å². The Morgan fingerprint density at radius 2 is 1.36 bits per heavy atom. The summed E-state index contributed by atoms with van der Waals surface area (Å²) in [5.41, 5.74) is 0. The molecule has 1 fully saturated rings. The third kappa shape index (κ3) is 2.44. The van der Waals surface area contributed by atoms with E-state index in [1.807, 2.05) is 0 Å². The van der Waals surface area contributed by atoms with Crippen LogP contribution in [0.15, 0.2) is 0 Å². The number of rotatable bonds is 1. The van der Waals surface area contributed by atoms with Gasteiger partial charge in [0.2, 0.25) is 0 Å². The summed E-state index contributed by atoms with van der Waals surface area (Å²) in [4.78, 5) is 0. The lowest BCUT2D eigenvalue weighted by Crippen LogP contribution is -2.20. The molecule has 11 heavy (non-hydrogen) atoms. The van der Waals surface area contributed by atoms with Crippen molar-refractivity contribution in [2.45, 2.75) is 50.6 Å². The van der Waals surface area contributed by atoms with Crippen molar-refractivity contribution in [3.05, 3.63) is 0 Å². The highest BCUT2D eigenvalue weighted by Gasteiger charge is 2.28. The predicted molar refractivity (Wildman–Crippen MR) is 54.9 cm³/mol. The molecule has 1 heteroatoms. The van der Waals surface area contributed by atoms with Crippen molar-refractivity contribution in [1.82, 2.24) is 0 Å². The van der Waals surface area contributed by atoms with Gasteiger partial charge in [0.15, 0.2) is 0 Å². The predicted octanol–water partition coefficient (Wildman–Crippen LogP) is 3.84. The molecule has 0 nitrogen and oxygen atoms in total. The van der Waals surface area contributed by atoms with Gasteiger partial charge in [0, 0.05) is 0 Å². The van der Waals surface area contributed by atoms with E-state index < -0.39 is 0 Å². The van der Waals surface area contributed by atoms with Crippen molar-refractivity contribution in [3.8, 4) is 0 Å². The molecule has 0 amide bonds. The molecule has 0 bridgehead atoms. The van der Waals surface area contributed by atoms with Gasteiger partial charge in [-0.15, -0.1) is 7.92 Å². The molecule has 1 rings (SSSR count). The fourth-order valence-electron chi connectivity index (χ4n) is 1.94. The van der Waals surface area contributed by atoms with E-state index in [2.05, 4.69) is 20.3 Å². The Bertz CT molecular complexity index is 110. The molecule has 0 saturated heterocycles. The Balaban J connectivity index is 2.52. The molecule has 0 heterocycles. The molecule has 0 spiro atoms. The van der Waals surface area contributed by atoms with Gasteiger partial charge in [0.25, 0.3) is 0 Å². The second-order valence-corrected chi connectivity index (χ2v) is 7.17. The lowest BCUT2D eigenvalue weighted by Gasteiger charge is -2.32. The van der Waals surface area contributed by atoms with E-state index in [1.54, 1.807) is 0 Å². The van der Waals surface area contributed by atoms with Gasteiger partial charge in [-0.1, -0.05) is 32.6 Å². The molecule has 1 aliphatic carbocycles. The van der Waals surface area contributed by atoms with Crippen LogP contribution >= 0.6 is 7.92 Å². The van der Waals surface area contributed by atoms with E-state index in [1.165, 1.54) is 38.5 Å². The second-order valence-electron chi connectivity index (χ2n) is 4.31. The van der Waals surface area contributed by atoms with Crippen molar-refractivity contribution in [2.24, 2.45) is 0 Å². The van der Waals surface area contributed by atoms with Gasteiger partial charge in [0.1, 0.15) is 0 Å². The van der Waals surface area contributed by atoms with E-state index in [0.29, 0.717) is 0 Å². The fraction of sp³-hybridized carbons (Fsp3) is 1.00. The zero-order chi connectivity index (χ0) is 8.32. The van der Waals surface area contributed by atoms with Crippen LogP contribution in [0, 0.1) is 0 Å². The van der Waals surface area contributed by atoms with Crippen LogP contribution in [0.1, 0.15) is 45.4 Å². The molecule has 0 aromatic carbocycles. The Morgan fingerprint density at radius 1 is 0.909 bits per heavy atom. The first-order chi connectivity index (χ1) is 5.15. The number of hydrogen-bond acceptors (Lipinski definition) is 0. The number of hydrogen-bond donors (Lipinski definition) is 0. The summed E-state index contributed by atoms with van der Waals surface area (Å²) in [6.07, 6.45) is 8.92. The summed E-state index contributed by atoms with van der Waals surface area (Å²) in [5, 5.41) is 0.728. The monoisotopic (exact) mass is 172 g/mol. The van der Waals surface area contributed by atoms with Gasteiger partial charge in [-0.2, -0.15) is 0 Å². The maximum Gasteiger partial charge on any atom is -0.0128 e. The van der Waals surface area contributed by atoms with E-state index in [0.717, 1.165) is 5.16 Å². The lowest BCUT2D eigenvalue weighted by molar-refractivity contribution is 0.546. The summed E-state index contributed by atoms with van der Waals surface area (Å²) in [6.45, 7) is 7.39. The van der Waals surface area contributed by atoms with Crippen LogP contribution in [0.4, 0.5) is 0 Å². The van der Waals surface area contributed by atoms with Gasteiger partial charge in [0.05, 0.1) is 0 Å². The molecule has 1 saturated carbocycles. The topological polar surface area (TPSA) is 0 Å². The second kappa shape index (κ2) is 3.90. The molecule has 1 aliphatic rings. The quantitative estimate of drug-likeness (QED) is 0.416. The minimum atomic E-state index is 0.282. The summed E-state index contributed by atoms with van der Waals surface area (Å²) in [7, 11) is 0.282. The molecular weight excluding hydrogens is 151 g/mol. The van der Waals surface area contributed by atoms with Crippen molar-refractivity contribution < 1.29 is 0 Å². The average molecular weight is 172 g/mol. The Labute approximate surface area is 72.5 Å². The Morgan fingerprint density at radius 3 is 1.73 bits per heavy atom. The maximum atomic E-state index is 2.50. The first-order valence-corrected chi connectivity index (χ1v) is 7.06. The van der Waals surface area contributed by atoms with Crippen molar-refractivity contribution >= 4 is 7.92 Å². The third-order valence-electron chi connectivity index (χ3n) is 3.26. The summed E-state index contributed by atoms with van der Waals surface area (Å²) >= 11 is 0. The first-order valence-electron chi connectivity index (χ1n) is 4.83. The molecule has 0 atom stereocenters. The van der Waals surface area contributed by atoms with Crippen LogP contribution in [0.25, 0.3) is 0 Å². The minimum Gasteiger partial charge on any atom is -0.107 e. The Kier molecular flexibility index (Phi) is 3.37. The van der Waals surface area contributed by atoms with Gasteiger partial charge >= 0.3 is 0 Å². The highest BCUT2D eigenvalue weighted by atomic mass is 31.1. The van der Waals surface area contributed by atoms with Gasteiger partial charge in [-0.05, 0) is 31.3 Å². The zero-order valence-corrected chi connectivity index (χ0v) is 9.08. The van der Waals surface area contributed by atoms with Gasteiger partial charge in [-0.3, -0.25) is 0 Å². The van der Waals surface area contributed by atoms with Crippen LogP contribution in [0.2, 0.25) is 0 Å². The molecule has 0 aliphatic heterocycles. The van der Waals surface area contributed by atoms with Crippen molar-refractivity contribution in [3.63, 3.8) is 0 Å². The normalized spacial score (nSPS) is 25.1. The standard InChI is InChI=1S/C10H21P/c1-10(11(2)3)8-6-4-5-7-9-10/h4-9H2,1-3H3. The average Bonchev–Trinajstić information content (AvgIpc) is 2.15. The van der Waals surface area contributed by atoms with Crippen LogP contribution in [0.5, 0.6) is 0 Å². The molecule has 0 aromatic heterocycles. The first kappa shape index (κ1) is 9.52. The maximum absolute atomic E-state index is 2.50. The SMILES string of the molecule is CP(C)C1(C)CCCCCC1. The van der Waals surface area contributed by atoms with Gasteiger partial charge in [-0.25, -0.2) is 0 Å². The smallest absolute Gasteiger partial charge is 0.0128 e. The molecule has 66 valence electrons. The summed E-state index contributed by atoms with van der Waals surface area (Å²) < 4.78 is 0. The van der Waals surface area contributed by atoms with Crippen LogP contribution in [0.3, 0.4) is 0 Å². The van der Waals surface area contributed by atoms with E-state index in [4.69, 9.17) is 0 Å². The highest BCUT2D eigenvalue weighted by Crippen LogP contribution is 2.50. The van der Waals surface area contributed by atoms with Crippen molar-refractivity contribution in [1.29, 1.82) is 0 Å². The molecule has 0 radical (unpaired) electrons. The molecule has 0 unspecified atom stereocenters. The molecule has 0 N–H and O–H groups in total. The van der Waals surface area contributed by atoms with E-state index in [-0.39, 0.29) is 7.92 Å². The van der Waals surface area contributed by atoms with Crippen LogP contribution < -0.4 is 0 Å². The van der Waals surface area contributed by atoms with Crippen LogP contribution in [-0.4, -0.2) is 18.5 Å². The minimum absolute atomic E-state index is 0.282. The third-order valence-corrected chi connectivity index (χ3v) is 5.87. The highest BCUT2D eigenvalue weighted by molar-refractivity contribution is 7.57. The summed E-state index contributed by atoms with van der Waals surface area (Å²) in [5.74, 6) is 0. The fourth-order valence-corrected chi connectivity index (χ4v) is 3.15. The molecular formula is C10H21P. The Hall–Kier alpha value is 0.430. The summed E-state index contributed by atoms with van der Waals surface area (Å²) in [6, 6.07) is 0. The van der Waals surface area contributed by atoms with Crippen LogP contribution in [-0.2, 0) is 0 Å². The lowest BCUT2D eigenvalue weighted by atomic mass is 10.0. The largest absolute Gasteiger partial charge is 0.107 e. The van der Waals surface area contributed by atoms with E-state index >= 15 is 0 Å². The molecule has 0 aromatic rings.